The summed E-state index contributed by atoms with van der Waals surface area (Å²) in [5.74, 6) is 0.584. The number of halogens is 2. The van der Waals surface area contributed by atoms with E-state index in [9.17, 15) is 0 Å². The van der Waals surface area contributed by atoms with E-state index in [1.807, 2.05) is 0 Å². The van der Waals surface area contributed by atoms with Crippen LogP contribution in [0.2, 0.25) is 19.6 Å². The number of benzene rings is 2. The van der Waals surface area contributed by atoms with Crippen molar-refractivity contribution >= 4 is 14.6 Å². The summed E-state index contributed by atoms with van der Waals surface area (Å²) in [4.78, 5) is 0. The Hall–Kier alpha value is -0.530. The zero-order valence-electron chi connectivity index (χ0n) is 25.1. The standard InChI is InChI=1S/C21H25.C9H15Si.C3H6.2ClH.Zr/c1-20(2,3)16-7-9-18-14(12-16)11-15-13-17(21(4,5)6)8-10-19(15)18;1-8-5-6-9(7-8)10(2,3)4;1-3-2;;;/h7-10,12H,11H2,1-6H3;6-8H,1-4H3;1-2H3;2*1H;/q;;;;;+2/p-2. The van der Waals surface area contributed by atoms with Gasteiger partial charge >= 0.3 is 225 Å². The Morgan fingerprint density at radius 2 is 1.46 bits per heavy atom. The van der Waals surface area contributed by atoms with Crippen LogP contribution >= 0.6 is 0 Å². The van der Waals surface area contributed by atoms with E-state index in [1.54, 1.807) is 26.1 Å². The van der Waals surface area contributed by atoms with Crippen molar-refractivity contribution in [2.75, 3.05) is 0 Å². The van der Waals surface area contributed by atoms with Gasteiger partial charge in [-0.1, -0.05) is 0 Å². The van der Waals surface area contributed by atoms with Crippen molar-refractivity contribution < 1.29 is 46.1 Å². The molecule has 0 saturated heterocycles. The van der Waals surface area contributed by atoms with Gasteiger partial charge in [-0.05, 0) is 0 Å². The van der Waals surface area contributed by atoms with E-state index in [2.05, 4.69) is 124 Å². The zero-order valence-corrected chi connectivity index (χ0v) is 30.1. The molecule has 0 aliphatic heterocycles. The molecule has 2 aliphatic rings. The molecule has 0 spiro atoms. The van der Waals surface area contributed by atoms with Crippen LogP contribution in [-0.2, 0) is 38.5 Å². The van der Waals surface area contributed by atoms with E-state index in [0.717, 1.165) is 6.42 Å². The maximum Gasteiger partial charge on any atom is -1.00 e. The maximum atomic E-state index is 2.68. The third-order valence-electron chi connectivity index (χ3n) is 7.89. The van der Waals surface area contributed by atoms with Gasteiger partial charge < -0.3 is 24.8 Å². The van der Waals surface area contributed by atoms with Crippen molar-refractivity contribution in [3.05, 3.63) is 73.2 Å². The summed E-state index contributed by atoms with van der Waals surface area (Å²) < 4.78 is 5.30. The molecule has 200 valence electrons. The Bertz CT molecular complexity index is 1290. The van der Waals surface area contributed by atoms with Crippen molar-refractivity contribution in [3.63, 3.8) is 0 Å². The van der Waals surface area contributed by atoms with Crippen LogP contribution in [0.5, 0.6) is 0 Å². The minimum Gasteiger partial charge on any atom is -1.00 e. The van der Waals surface area contributed by atoms with Gasteiger partial charge in [-0.2, -0.15) is 0 Å². The van der Waals surface area contributed by atoms with Crippen molar-refractivity contribution in [1.29, 1.82) is 0 Å². The quantitative estimate of drug-likeness (QED) is 0.390. The number of fused-ring (bicyclic) bond motifs is 3. The second-order valence-corrected chi connectivity index (χ2v) is 26.2. The molecule has 37 heavy (non-hydrogen) atoms. The van der Waals surface area contributed by atoms with Gasteiger partial charge in [-0.25, -0.2) is 0 Å². The van der Waals surface area contributed by atoms with Gasteiger partial charge in [0.1, 0.15) is 0 Å². The summed E-state index contributed by atoms with van der Waals surface area (Å²) in [5, 5.41) is 1.67. The topological polar surface area (TPSA) is 0 Å². The molecule has 0 heterocycles. The van der Waals surface area contributed by atoms with Crippen LogP contribution in [0, 0.1) is 5.92 Å². The second-order valence-electron chi connectivity index (χ2n) is 14.2. The number of rotatable bonds is 3. The molecule has 2 aliphatic carbocycles. The number of hydrogen-bond donors (Lipinski definition) is 0. The molecule has 1 unspecified atom stereocenters. The van der Waals surface area contributed by atoms with Gasteiger partial charge in [0.05, 0.1) is 0 Å². The monoisotopic (exact) mass is 630 g/mol. The molecule has 1 atom stereocenters. The first-order chi connectivity index (χ1) is 16.0. The number of allylic oxidation sites excluding steroid dienone is 4. The van der Waals surface area contributed by atoms with Crippen LogP contribution < -0.4 is 28.1 Å². The SMILES string of the molecule is C[C](C)=[Zr+2]([C]1=CC([Si](C)(C)C)=CC1C)[c]1c(C(C)(C)C)ccc2c1Cc1cc(C(C)(C)C)ccc1-2.[Cl-].[Cl-]. The molecule has 2 aromatic rings. The van der Waals surface area contributed by atoms with E-state index in [1.165, 1.54) is 22.3 Å². The minimum atomic E-state index is -2.28. The Morgan fingerprint density at radius 1 is 0.865 bits per heavy atom. The smallest absolute Gasteiger partial charge is 1.00 e. The molecule has 0 aromatic heterocycles. The van der Waals surface area contributed by atoms with Gasteiger partial charge in [-0.3, -0.25) is 0 Å². The van der Waals surface area contributed by atoms with Gasteiger partial charge in [0, 0.05) is 0 Å². The van der Waals surface area contributed by atoms with Crippen LogP contribution in [0.3, 0.4) is 0 Å². The second kappa shape index (κ2) is 11.2. The van der Waals surface area contributed by atoms with E-state index < -0.39 is 29.3 Å². The molecule has 4 heteroatoms. The average Bonchev–Trinajstić information content (AvgIpc) is 3.27. The van der Waals surface area contributed by atoms with Crippen molar-refractivity contribution in [2.24, 2.45) is 5.92 Å². The number of hydrogen-bond acceptors (Lipinski definition) is 0. The minimum absolute atomic E-state index is 0. The zero-order chi connectivity index (χ0) is 26.1. The van der Waals surface area contributed by atoms with Crippen LogP contribution in [-0.4, -0.2) is 11.3 Å². The molecule has 0 nitrogen and oxygen atoms in total. The Kier molecular flexibility index (Phi) is 9.85. The van der Waals surface area contributed by atoms with Crippen molar-refractivity contribution in [3.8, 4) is 11.1 Å². The summed E-state index contributed by atoms with van der Waals surface area (Å²) in [6.45, 7) is 29.1. The first kappa shape index (κ1) is 32.7. The predicted molar refractivity (Wildman–Crippen MR) is 157 cm³/mol. The summed E-state index contributed by atoms with van der Waals surface area (Å²) >= 11 is -2.28. The molecule has 0 radical (unpaired) electrons. The fourth-order valence-corrected chi connectivity index (χ4v) is 16.0. The Morgan fingerprint density at radius 3 is 1.95 bits per heavy atom. The van der Waals surface area contributed by atoms with Crippen molar-refractivity contribution in [1.82, 2.24) is 0 Å². The van der Waals surface area contributed by atoms with Gasteiger partial charge in [0.15, 0.2) is 0 Å². The van der Waals surface area contributed by atoms with E-state index in [4.69, 9.17) is 0 Å². The fourth-order valence-electron chi connectivity index (χ4n) is 5.81. The third-order valence-corrected chi connectivity index (χ3v) is 17.9. The molecule has 2 aromatic carbocycles. The van der Waals surface area contributed by atoms with Gasteiger partial charge in [0.25, 0.3) is 0 Å². The average molecular weight is 633 g/mol. The van der Waals surface area contributed by atoms with Crippen LogP contribution in [0.25, 0.3) is 11.1 Å². The van der Waals surface area contributed by atoms with Crippen LogP contribution in [0.15, 0.2) is 51.0 Å². The van der Waals surface area contributed by atoms with Gasteiger partial charge in [0.2, 0.25) is 0 Å². The molecule has 0 N–H and O–H groups in total. The molecule has 4 rings (SSSR count). The molecular formula is C33H46Cl2SiZr. The third kappa shape index (κ3) is 6.29. The first-order valence-corrected chi connectivity index (χ1v) is 20.6. The fraction of sp³-hybridized carbons (Fsp3) is 0.485. The summed E-state index contributed by atoms with van der Waals surface area (Å²) in [6, 6.07) is 12.2. The maximum absolute atomic E-state index is 2.68. The Labute approximate surface area is 248 Å². The molecule has 0 saturated carbocycles. The summed E-state index contributed by atoms with van der Waals surface area (Å²) in [7, 11) is -1.33. The largest absolute Gasteiger partial charge is 1.00 e. The predicted octanol–water partition coefficient (Wildman–Crippen LogP) is 2.65. The van der Waals surface area contributed by atoms with E-state index in [-0.39, 0.29) is 35.6 Å². The Balaban J connectivity index is 0.00000241. The molecule has 0 fully saturated rings. The van der Waals surface area contributed by atoms with Gasteiger partial charge in [-0.15, -0.1) is 0 Å². The van der Waals surface area contributed by atoms with E-state index in [0.29, 0.717) is 5.92 Å². The van der Waals surface area contributed by atoms with Crippen LogP contribution in [0.4, 0.5) is 0 Å². The van der Waals surface area contributed by atoms with Crippen LogP contribution in [0.1, 0.15) is 84.6 Å². The normalized spacial score (nSPS) is 16.5. The molecule has 0 bridgehead atoms. The molecular weight excluding hydrogens is 587 g/mol. The molecule has 0 amide bonds. The first-order valence-electron chi connectivity index (χ1n) is 13.4. The summed E-state index contributed by atoms with van der Waals surface area (Å²) in [5.41, 5.74) is 9.55. The summed E-state index contributed by atoms with van der Waals surface area (Å²) in [6.07, 6.45) is 6.40. The van der Waals surface area contributed by atoms with Crippen molar-refractivity contribution in [2.45, 2.75) is 99.2 Å². The van der Waals surface area contributed by atoms with E-state index >= 15 is 0 Å².